The number of aryl methyl sites for hydroxylation is 2. The zero-order valence-corrected chi connectivity index (χ0v) is 19.1. The second kappa shape index (κ2) is 8.20. The van der Waals surface area contributed by atoms with Gasteiger partial charge in [-0.05, 0) is 39.8 Å². The van der Waals surface area contributed by atoms with Crippen molar-refractivity contribution >= 4 is 34.4 Å². The molecule has 1 amide bonds. The number of rotatable bonds is 5. The van der Waals surface area contributed by atoms with Gasteiger partial charge in [0.05, 0.1) is 22.2 Å². The van der Waals surface area contributed by atoms with Crippen LogP contribution in [0.4, 0.5) is 5.82 Å². The molecule has 0 atom stereocenters. The van der Waals surface area contributed by atoms with Gasteiger partial charge in [0.1, 0.15) is 23.0 Å². The highest BCUT2D eigenvalue weighted by Crippen LogP contribution is 2.33. The van der Waals surface area contributed by atoms with Crippen LogP contribution in [-0.4, -0.2) is 37.2 Å². The first-order valence-corrected chi connectivity index (χ1v) is 10.5. The van der Waals surface area contributed by atoms with Crippen LogP contribution >= 0.6 is 11.6 Å². The molecular formula is C23H24ClN7O. The van der Waals surface area contributed by atoms with E-state index in [1.807, 2.05) is 45.0 Å². The van der Waals surface area contributed by atoms with Crippen LogP contribution in [0.15, 0.2) is 42.7 Å². The number of nitrogens with one attached hydrogen (secondary N) is 1. The predicted octanol–water partition coefficient (Wildman–Crippen LogP) is 3.91. The molecule has 0 saturated carbocycles. The second-order valence-electron chi connectivity index (χ2n) is 8.35. The maximum Gasteiger partial charge on any atom is 0.253 e. The normalized spacial score (nSPS) is 11.7. The van der Waals surface area contributed by atoms with Crippen molar-refractivity contribution in [3.05, 3.63) is 64.7 Å². The van der Waals surface area contributed by atoms with Gasteiger partial charge >= 0.3 is 0 Å². The monoisotopic (exact) mass is 449 g/mol. The molecule has 4 aromatic rings. The largest absolute Gasteiger partial charge is 0.383 e. The van der Waals surface area contributed by atoms with Gasteiger partial charge in [-0.25, -0.2) is 19.6 Å². The minimum atomic E-state index is -0.606. The van der Waals surface area contributed by atoms with Crippen LogP contribution in [0.3, 0.4) is 0 Å². The SMILES string of the molecule is Cc1ccc(-c2nn(C(C)(C)CNC(=O)c3ccc(Cl)nc3C)c3ncnc(N)c23)cc1. The number of carbonyl (C=O) groups is 1. The number of aromatic nitrogens is 5. The summed E-state index contributed by atoms with van der Waals surface area (Å²) >= 11 is 5.90. The molecule has 0 aliphatic rings. The Morgan fingerprint density at radius 3 is 2.53 bits per heavy atom. The molecule has 164 valence electrons. The Balaban J connectivity index is 1.69. The summed E-state index contributed by atoms with van der Waals surface area (Å²) in [4.78, 5) is 25.5. The van der Waals surface area contributed by atoms with E-state index >= 15 is 0 Å². The number of benzene rings is 1. The lowest BCUT2D eigenvalue weighted by Crippen LogP contribution is -2.41. The van der Waals surface area contributed by atoms with Crippen molar-refractivity contribution in [3.63, 3.8) is 0 Å². The molecule has 9 heteroatoms. The van der Waals surface area contributed by atoms with Crippen molar-refractivity contribution in [2.45, 2.75) is 33.2 Å². The first-order chi connectivity index (χ1) is 15.2. The van der Waals surface area contributed by atoms with E-state index in [-0.39, 0.29) is 5.91 Å². The first kappa shape index (κ1) is 21.7. The summed E-state index contributed by atoms with van der Waals surface area (Å²) in [6, 6.07) is 11.3. The Morgan fingerprint density at radius 1 is 1.12 bits per heavy atom. The molecule has 32 heavy (non-hydrogen) atoms. The Hall–Kier alpha value is -3.52. The van der Waals surface area contributed by atoms with Crippen molar-refractivity contribution in [1.29, 1.82) is 0 Å². The molecule has 0 bridgehead atoms. The minimum Gasteiger partial charge on any atom is -0.383 e. The van der Waals surface area contributed by atoms with Crippen molar-refractivity contribution in [1.82, 2.24) is 30.0 Å². The van der Waals surface area contributed by atoms with Gasteiger partial charge in [0.15, 0.2) is 5.65 Å². The fraction of sp³-hybridized carbons (Fsp3) is 0.261. The van der Waals surface area contributed by atoms with E-state index in [0.717, 1.165) is 11.1 Å². The smallest absolute Gasteiger partial charge is 0.253 e. The minimum absolute atomic E-state index is 0.232. The Bertz CT molecular complexity index is 1310. The topological polar surface area (TPSA) is 112 Å². The number of amides is 1. The first-order valence-electron chi connectivity index (χ1n) is 10.2. The molecule has 0 radical (unpaired) electrons. The van der Waals surface area contributed by atoms with Crippen molar-refractivity contribution in [2.75, 3.05) is 12.3 Å². The molecule has 4 rings (SSSR count). The summed E-state index contributed by atoms with van der Waals surface area (Å²) in [6.07, 6.45) is 1.42. The third kappa shape index (κ3) is 4.01. The van der Waals surface area contributed by atoms with E-state index in [1.54, 1.807) is 23.7 Å². The average Bonchev–Trinajstić information content (AvgIpc) is 3.15. The number of nitrogens with zero attached hydrogens (tertiary/aromatic N) is 5. The molecule has 0 aliphatic carbocycles. The lowest BCUT2D eigenvalue weighted by Gasteiger charge is -2.26. The lowest BCUT2D eigenvalue weighted by molar-refractivity contribution is 0.0935. The maximum absolute atomic E-state index is 12.8. The number of nitrogen functional groups attached to an aromatic ring is 1. The Kier molecular flexibility index (Phi) is 5.56. The zero-order chi connectivity index (χ0) is 23.0. The fourth-order valence-electron chi connectivity index (χ4n) is 3.55. The van der Waals surface area contributed by atoms with E-state index in [4.69, 9.17) is 22.4 Å². The molecular weight excluding hydrogens is 426 g/mol. The van der Waals surface area contributed by atoms with E-state index in [9.17, 15) is 4.79 Å². The number of fused-ring (bicyclic) bond motifs is 1. The van der Waals surface area contributed by atoms with Crippen LogP contribution in [-0.2, 0) is 5.54 Å². The molecule has 1 aromatic carbocycles. The van der Waals surface area contributed by atoms with Crippen LogP contribution in [0.2, 0.25) is 5.15 Å². The third-order valence-electron chi connectivity index (χ3n) is 5.37. The summed E-state index contributed by atoms with van der Waals surface area (Å²) < 4.78 is 1.79. The predicted molar refractivity (Wildman–Crippen MR) is 126 cm³/mol. The number of halogens is 1. The van der Waals surface area contributed by atoms with Gasteiger partial charge < -0.3 is 11.1 Å². The number of pyridine rings is 1. The van der Waals surface area contributed by atoms with Crippen LogP contribution in [0, 0.1) is 13.8 Å². The highest BCUT2D eigenvalue weighted by molar-refractivity contribution is 6.29. The third-order valence-corrected chi connectivity index (χ3v) is 5.58. The highest BCUT2D eigenvalue weighted by Gasteiger charge is 2.28. The van der Waals surface area contributed by atoms with Gasteiger partial charge in [-0.2, -0.15) is 5.10 Å². The molecule has 3 heterocycles. The zero-order valence-electron chi connectivity index (χ0n) is 18.3. The van der Waals surface area contributed by atoms with Gasteiger partial charge in [0.25, 0.3) is 5.91 Å². The van der Waals surface area contributed by atoms with Crippen LogP contribution in [0.1, 0.15) is 35.5 Å². The van der Waals surface area contributed by atoms with E-state index in [1.165, 1.54) is 6.33 Å². The molecule has 0 unspecified atom stereocenters. The lowest BCUT2D eigenvalue weighted by atomic mass is 10.1. The summed E-state index contributed by atoms with van der Waals surface area (Å²) in [5, 5.41) is 8.87. The number of hydrogen-bond acceptors (Lipinski definition) is 6. The maximum atomic E-state index is 12.8. The molecule has 0 aliphatic heterocycles. The summed E-state index contributed by atoms with van der Waals surface area (Å²) in [6.45, 7) is 8.04. The second-order valence-corrected chi connectivity index (χ2v) is 8.73. The van der Waals surface area contributed by atoms with Crippen LogP contribution in [0.5, 0.6) is 0 Å². The van der Waals surface area contributed by atoms with Crippen molar-refractivity contribution in [3.8, 4) is 11.3 Å². The summed E-state index contributed by atoms with van der Waals surface area (Å²) in [5.41, 5.74) is 10.0. The molecule has 0 spiro atoms. The Labute approximate surface area is 190 Å². The van der Waals surface area contributed by atoms with Crippen molar-refractivity contribution in [2.24, 2.45) is 0 Å². The van der Waals surface area contributed by atoms with E-state index in [0.29, 0.717) is 45.5 Å². The molecule has 3 N–H and O–H groups in total. The molecule has 3 aromatic heterocycles. The number of nitrogens with two attached hydrogens (primary N) is 1. The van der Waals surface area contributed by atoms with Gasteiger partial charge in [-0.3, -0.25) is 4.79 Å². The van der Waals surface area contributed by atoms with Gasteiger partial charge in [-0.1, -0.05) is 41.4 Å². The average molecular weight is 450 g/mol. The van der Waals surface area contributed by atoms with Crippen LogP contribution < -0.4 is 11.1 Å². The van der Waals surface area contributed by atoms with Gasteiger partial charge in [0.2, 0.25) is 0 Å². The Morgan fingerprint density at radius 2 is 1.84 bits per heavy atom. The van der Waals surface area contributed by atoms with E-state index < -0.39 is 5.54 Å². The highest BCUT2D eigenvalue weighted by atomic mass is 35.5. The summed E-state index contributed by atoms with van der Waals surface area (Å²) in [7, 11) is 0. The van der Waals surface area contributed by atoms with Gasteiger partial charge in [-0.15, -0.1) is 0 Å². The molecule has 8 nitrogen and oxygen atoms in total. The number of anilines is 1. The fourth-order valence-corrected chi connectivity index (χ4v) is 3.74. The van der Waals surface area contributed by atoms with Crippen LogP contribution in [0.25, 0.3) is 22.3 Å². The standard InChI is InChI=1S/C23H24ClN7O/c1-13-5-7-15(8-6-13)19-18-20(25)27-12-28-21(18)31(30-19)23(3,4)11-26-22(32)16-9-10-17(24)29-14(16)2/h5-10,12H,11H2,1-4H3,(H,26,32)(H2,25,27,28). The van der Waals surface area contributed by atoms with E-state index in [2.05, 4.69) is 20.3 Å². The van der Waals surface area contributed by atoms with Crippen molar-refractivity contribution < 1.29 is 4.79 Å². The summed E-state index contributed by atoms with van der Waals surface area (Å²) in [5.74, 6) is 0.128. The van der Waals surface area contributed by atoms with Gasteiger partial charge in [0, 0.05) is 12.1 Å². The molecule has 0 fully saturated rings. The molecule has 0 saturated heterocycles. The quantitative estimate of drug-likeness (QED) is 0.447. The number of carbonyl (C=O) groups excluding carboxylic acids is 1. The number of hydrogen-bond donors (Lipinski definition) is 2.